The minimum absolute atomic E-state index is 0.0305. The maximum Gasteiger partial charge on any atom is 0.424 e. The summed E-state index contributed by atoms with van der Waals surface area (Å²) in [4.78, 5) is 18.7. The quantitative estimate of drug-likeness (QED) is 0.831. The first kappa shape index (κ1) is 19.9. The third-order valence-corrected chi connectivity index (χ3v) is 6.15. The van der Waals surface area contributed by atoms with Crippen molar-refractivity contribution >= 4 is 5.91 Å². The highest BCUT2D eigenvalue weighted by atomic mass is 19.4. The van der Waals surface area contributed by atoms with Crippen LogP contribution in [0.15, 0.2) is 30.5 Å². The number of hydrogen-bond donors (Lipinski definition) is 1. The molecule has 1 aliphatic carbocycles. The van der Waals surface area contributed by atoms with Crippen LogP contribution < -0.4 is 0 Å². The second-order valence-electron chi connectivity index (χ2n) is 8.29. The molecule has 1 aromatic heterocycles. The number of carbonyl (C=O) groups excluding carboxylic acids is 1. The number of imidazole rings is 1. The Labute approximate surface area is 167 Å². The maximum absolute atomic E-state index is 13.3. The van der Waals surface area contributed by atoms with Gasteiger partial charge in [0, 0.05) is 12.5 Å². The Bertz CT molecular complexity index is 935. The first-order valence-electron chi connectivity index (χ1n) is 9.81. The highest BCUT2D eigenvalue weighted by Crippen LogP contribution is 2.40. The Morgan fingerprint density at radius 1 is 1.24 bits per heavy atom. The zero-order valence-electron chi connectivity index (χ0n) is 16.4. The predicted octanol–water partition coefficient (Wildman–Crippen LogP) is 3.36. The lowest BCUT2D eigenvalue weighted by Gasteiger charge is -2.38. The predicted molar refractivity (Wildman–Crippen MR) is 99.9 cm³/mol. The van der Waals surface area contributed by atoms with Crippen molar-refractivity contribution in [3.8, 4) is 0 Å². The van der Waals surface area contributed by atoms with E-state index in [1.807, 2.05) is 18.2 Å². The molecule has 0 fully saturated rings. The maximum atomic E-state index is 13.3. The van der Waals surface area contributed by atoms with Crippen molar-refractivity contribution in [2.45, 2.75) is 57.5 Å². The molecule has 0 unspecified atom stereocenters. The molecule has 8 heteroatoms. The van der Waals surface area contributed by atoms with Crippen LogP contribution >= 0.6 is 0 Å². The van der Waals surface area contributed by atoms with Gasteiger partial charge in [0.05, 0.1) is 24.5 Å². The van der Waals surface area contributed by atoms with Gasteiger partial charge in [-0.05, 0) is 44.2 Å². The fourth-order valence-corrected chi connectivity index (χ4v) is 4.49. The van der Waals surface area contributed by atoms with E-state index in [9.17, 15) is 23.1 Å². The van der Waals surface area contributed by atoms with E-state index in [0.717, 1.165) is 12.8 Å². The molecule has 4 rings (SSSR count). The van der Waals surface area contributed by atoms with Crippen molar-refractivity contribution in [3.63, 3.8) is 0 Å². The van der Waals surface area contributed by atoms with Gasteiger partial charge in [-0.1, -0.05) is 24.3 Å². The SMILES string of the molecule is C[C@H]1CN(C(=O)[C@@H]2CCc3ccccc3C2)Cc2cnc([C@@](C)(O)C(F)(F)F)n21. The fourth-order valence-electron chi connectivity index (χ4n) is 4.49. The lowest BCUT2D eigenvalue weighted by Crippen LogP contribution is -2.47. The summed E-state index contributed by atoms with van der Waals surface area (Å²) in [5.41, 5.74) is -0.0668. The average molecular weight is 407 g/mol. The van der Waals surface area contributed by atoms with Gasteiger partial charge in [0.1, 0.15) is 0 Å². The van der Waals surface area contributed by atoms with Crippen LogP contribution in [0.2, 0.25) is 0 Å². The van der Waals surface area contributed by atoms with Crippen LogP contribution in [0.4, 0.5) is 13.2 Å². The molecule has 5 nitrogen and oxygen atoms in total. The van der Waals surface area contributed by atoms with Crippen LogP contribution in [0, 0.1) is 5.92 Å². The lowest BCUT2D eigenvalue weighted by molar-refractivity contribution is -0.263. The molecule has 1 aromatic carbocycles. The molecule has 0 saturated carbocycles. The molecular weight excluding hydrogens is 383 g/mol. The molecule has 3 atom stereocenters. The number of carbonyl (C=O) groups is 1. The van der Waals surface area contributed by atoms with E-state index in [-0.39, 0.29) is 18.4 Å². The monoisotopic (exact) mass is 407 g/mol. The molecule has 0 saturated heterocycles. The number of aliphatic hydroxyl groups is 1. The second-order valence-corrected chi connectivity index (χ2v) is 8.29. The summed E-state index contributed by atoms with van der Waals surface area (Å²) in [5, 5.41) is 10.1. The molecule has 1 N–H and O–H groups in total. The smallest absolute Gasteiger partial charge is 0.374 e. The molecule has 156 valence electrons. The van der Waals surface area contributed by atoms with Gasteiger partial charge >= 0.3 is 6.18 Å². The fraction of sp³-hybridized carbons (Fsp3) is 0.524. The standard InChI is InChI=1S/C21H24F3N3O2/c1-13-11-26(18(28)16-8-7-14-5-3-4-6-15(14)9-16)12-17-10-25-19(27(13)17)20(2,29)21(22,23)24/h3-6,10,13,16,29H,7-9,11-12H2,1-2H3/t13-,16+,20+/m0/s1. The molecule has 0 bridgehead atoms. The van der Waals surface area contributed by atoms with Crippen LogP contribution in [-0.2, 0) is 29.8 Å². The van der Waals surface area contributed by atoms with Crippen LogP contribution in [-0.4, -0.2) is 38.2 Å². The molecule has 1 amide bonds. The third kappa shape index (κ3) is 3.33. The second kappa shape index (κ2) is 6.86. The van der Waals surface area contributed by atoms with Crippen LogP contribution in [0.5, 0.6) is 0 Å². The molecule has 1 aliphatic heterocycles. The number of nitrogens with zero attached hydrogens (tertiary/aromatic N) is 3. The normalized spacial score (nSPS) is 23.9. The molecule has 0 radical (unpaired) electrons. The Balaban J connectivity index is 1.55. The lowest BCUT2D eigenvalue weighted by atomic mass is 9.83. The van der Waals surface area contributed by atoms with E-state index >= 15 is 0 Å². The molecular formula is C21H24F3N3O2. The summed E-state index contributed by atoms with van der Waals surface area (Å²) in [6.07, 6.45) is -1.19. The first-order valence-corrected chi connectivity index (χ1v) is 9.81. The Morgan fingerprint density at radius 3 is 2.62 bits per heavy atom. The van der Waals surface area contributed by atoms with Crippen molar-refractivity contribution in [1.82, 2.24) is 14.5 Å². The van der Waals surface area contributed by atoms with Crippen molar-refractivity contribution in [2.24, 2.45) is 5.92 Å². The zero-order valence-corrected chi connectivity index (χ0v) is 16.4. The number of alkyl halides is 3. The number of hydrogen-bond acceptors (Lipinski definition) is 3. The summed E-state index contributed by atoms with van der Waals surface area (Å²) < 4.78 is 41.3. The van der Waals surface area contributed by atoms with Gasteiger partial charge < -0.3 is 14.6 Å². The average Bonchev–Trinajstić information content (AvgIpc) is 3.11. The van der Waals surface area contributed by atoms with Crippen molar-refractivity contribution in [2.75, 3.05) is 6.54 Å². The Morgan fingerprint density at radius 2 is 1.93 bits per heavy atom. The van der Waals surface area contributed by atoms with Crippen LogP contribution in [0.1, 0.15) is 49.0 Å². The van der Waals surface area contributed by atoms with Gasteiger partial charge in [-0.2, -0.15) is 13.2 Å². The highest BCUT2D eigenvalue weighted by molar-refractivity contribution is 5.79. The van der Waals surface area contributed by atoms with Gasteiger partial charge in [0.25, 0.3) is 0 Å². The summed E-state index contributed by atoms with van der Waals surface area (Å²) >= 11 is 0. The van der Waals surface area contributed by atoms with E-state index in [1.165, 1.54) is 21.9 Å². The van der Waals surface area contributed by atoms with Crippen LogP contribution in [0.3, 0.4) is 0 Å². The zero-order chi connectivity index (χ0) is 21.0. The largest absolute Gasteiger partial charge is 0.424 e. The number of aromatic nitrogens is 2. The summed E-state index contributed by atoms with van der Waals surface area (Å²) in [6.45, 7) is 2.95. The van der Waals surface area contributed by atoms with Crippen molar-refractivity contribution < 1.29 is 23.1 Å². The topological polar surface area (TPSA) is 58.4 Å². The van der Waals surface area contributed by atoms with Crippen molar-refractivity contribution in [3.05, 3.63) is 53.1 Å². The molecule has 2 heterocycles. The third-order valence-electron chi connectivity index (χ3n) is 6.15. The number of aryl methyl sites for hydroxylation is 1. The summed E-state index contributed by atoms with van der Waals surface area (Å²) in [6, 6.07) is 7.70. The molecule has 29 heavy (non-hydrogen) atoms. The minimum Gasteiger partial charge on any atom is -0.374 e. The number of amides is 1. The summed E-state index contributed by atoms with van der Waals surface area (Å²) in [7, 11) is 0. The van der Waals surface area contributed by atoms with Gasteiger partial charge in [-0.3, -0.25) is 4.79 Å². The number of fused-ring (bicyclic) bond motifs is 2. The van der Waals surface area contributed by atoms with Gasteiger partial charge in [-0.15, -0.1) is 0 Å². The molecule has 2 aromatic rings. The molecule has 2 aliphatic rings. The number of rotatable bonds is 2. The van der Waals surface area contributed by atoms with E-state index in [1.54, 1.807) is 11.8 Å². The van der Waals surface area contributed by atoms with Crippen LogP contribution in [0.25, 0.3) is 0 Å². The van der Waals surface area contributed by atoms with Gasteiger partial charge in [-0.25, -0.2) is 4.98 Å². The Kier molecular flexibility index (Phi) is 4.72. The van der Waals surface area contributed by atoms with Crippen molar-refractivity contribution in [1.29, 1.82) is 0 Å². The minimum atomic E-state index is -4.84. The first-order chi connectivity index (χ1) is 13.6. The number of halogens is 3. The highest BCUT2D eigenvalue weighted by Gasteiger charge is 2.55. The Hall–Kier alpha value is -2.35. The van der Waals surface area contributed by atoms with Gasteiger partial charge in [0.2, 0.25) is 11.5 Å². The van der Waals surface area contributed by atoms with E-state index in [2.05, 4.69) is 11.1 Å². The van der Waals surface area contributed by atoms with E-state index in [4.69, 9.17) is 0 Å². The van der Waals surface area contributed by atoms with E-state index < -0.39 is 23.6 Å². The summed E-state index contributed by atoms with van der Waals surface area (Å²) in [5.74, 6) is -0.515. The van der Waals surface area contributed by atoms with Gasteiger partial charge in [0.15, 0.2) is 5.82 Å². The number of benzene rings is 1. The van der Waals surface area contributed by atoms with E-state index in [0.29, 0.717) is 25.6 Å². The molecule has 0 spiro atoms.